The number of rotatable bonds is 3. The van der Waals surface area contributed by atoms with Crippen LogP contribution in [0.4, 0.5) is 0 Å². The molecule has 0 bridgehead atoms. The van der Waals surface area contributed by atoms with Gasteiger partial charge >= 0.3 is 0 Å². The van der Waals surface area contributed by atoms with Crippen molar-refractivity contribution in [2.75, 3.05) is 0 Å². The van der Waals surface area contributed by atoms with Gasteiger partial charge in [0.25, 0.3) is 0 Å². The summed E-state index contributed by atoms with van der Waals surface area (Å²) < 4.78 is 6.81. The smallest absolute Gasteiger partial charge is 0.185 e. The molecule has 162 valence electrons. The Morgan fingerprint density at radius 2 is 1.76 bits per heavy atom. The van der Waals surface area contributed by atoms with E-state index < -0.39 is 13.9 Å². The van der Waals surface area contributed by atoms with Crippen LogP contribution < -0.4 is 0 Å². The Hall–Kier alpha value is -0.743. The zero-order chi connectivity index (χ0) is 21.4. The molecule has 0 spiro atoms. The highest BCUT2D eigenvalue weighted by Gasteiger charge is 2.67. The summed E-state index contributed by atoms with van der Waals surface area (Å²) in [5, 5.41) is 0. The second-order valence-corrected chi connectivity index (χ2v) is 16.5. The van der Waals surface area contributed by atoms with Gasteiger partial charge in [-0.05, 0) is 100 Å². The maximum Gasteiger partial charge on any atom is 0.185 e. The number of ketones is 2. The second-order valence-electron chi connectivity index (χ2n) is 12.1. The van der Waals surface area contributed by atoms with Crippen LogP contribution in [0.2, 0.25) is 19.6 Å². The summed E-state index contributed by atoms with van der Waals surface area (Å²) in [5.74, 6) is 2.89. The van der Waals surface area contributed by atoms with Crippen molar-refractivity contribution in [2.24, 2.45) is 34.5 Å². The van der Waals surface area contributed by atoms with Crippen molar-refractivity contribution in [3.63, 3.8) is 0 Å². The van der Waals surface area contributed by atoms with Crippen molar-refractivity contribution in [2.45, 2.75) is 97.9 Å². The molecule has 0 amide bonds. The quantitative estimate of drug-likeness (QED) is 0.534. The van der Waals surface area contributed by atoms with Gasteiger partial charge < -0.3 is 4.43 Å². The maximum absolute atomic E-state index is 13.1. The lowest BCUT2D eigenvalue weighted by Gasteiger charge is -2.61. The van der Waals surface area contributed by atoms with Gasteiger partial charge in [0.2, 0.25) is 0 Å². The molecule has 0 aromatic carbocycles. The molecule has 3 fully saturated rings. The number of hydrogen-bond donors (Lipinski definition) is 0. The number of carbonyl (C=O) groups excluding carboxylic acids is 2. The summed E-state index contributed by atoms with van der Waals surface area (Å²) in [6.45, 7) is 15.6. The fourth-order valence-corrected chi connectivity index (χ4v) is 9.85. The van der Waals surface area contributed by atoms with Crippen molar-refractivity contribution >= 4 is 19.9 Å². The highest BCUT2D eigenvalue weighted by molar-refractivity contribution is 6.70. The minimum Gasteiger partial charge on any atom is -0.405 e. The van der Waals surface area contributed by atoms with Crippen LogP contribution in [-0.2, 0) is 14.0 Å². The molecule has 0 radical (unpaired) electrons. The van der Waals surface area contributed by atoms with Crippen LogP contribution in [0.15, 0.2) is 11.6 Å². The first-order valence-electron chi connectivity index (χ1n) is 11.8. The zero-order valence-electron chi connectivity index (χ0n) is 19.6. The molecule has 0 heterocycles. The summed E-state index contributed by atoms with van der Waals surface area (Å²) in [4.78, 5) is 25.3. The molecule has 4 aliphatic rings. The van der Waals surface area contributed by atoms with Crippen LogP contribution in [0.5, 0.6) is 0 Å². The fourth-order valence-electron chi connectivity index (χ4n) is 8.32. The van der Waals surface area contributed by atoms with E-state index in [-0.39, 0.29) is 16.6 Å². The van der Waals surface area contributed by atoms with E-state index in [0.717, 1.165) is 32.1 Å². The molecule has 0 aromatic heterocycles. The minimum absolute atomic E-state index is 0.0535. The summed E-state index contributed by atoms with van der Waals surface area (Å²) in [6, 6.07) is 0. The lowest BCUT2D eigenvalue weighted by molar-refractivity contribution is -0.156. The molecule has 0 aliphatic heterocycles. The van der Waals surface area contributed by atoms with Gasteiger partial charge in [-0.2, -0.15) is 0 Å². The summed E-state index contributed by atoms with van der Waals surface area (Å²) >= 11 is 0. The third-order valence-corrected chi connectivity index (χ3v) is 10.4. The molecule has 4 heteroatoms. The standard InChI is InChI=1S/C25H40O3Si/c1-16-14-19-20(23(3)11-8-18(27)15-22(16)23)9-12-24(4)21(19)10-13-25(24,17(2)26)28-29(5,6)7/h15-16,19-21H,8-14H2,1-7H3/t16-,19+,20-,21-,23+,24-,25+/m0/s1. The first kappa shape index (κ1) is 21.5. The van der Waals surface area contributed by atoms with Gasteiger partial charge in [-0.25, -0.2) is 0 Å². The largest absolute Gasteiger partial charge is 0.405 e. The Labute approximate surface area is 178 Å². The molecule has 29 heavy (non-hydrogen) atoms. The average Bonchev–Trinajstić information content (AvgIpc) is 2.89. The van der Waals surface area contributed by atoms with Gasteiger partial charge in [-0.1, -0.05) is 26.3 Å². The van der Waals surface area contributed by atoms with Crippen LogP contribution in [0, 0.1) is 34.5 Å². The van der Waals surface area contributed by atoms with E-state index in [9.17, 15) is 9.59 Å². The lowest BCUT2D eigenvalue weighted by atomic mass is 9.45. The van der Waals surface area contributed by atoms with E-state index in [2.05, 4.69) is 40.4 Å². The molecule has 7 atom stereocenters. The predicted octanol–water partition coefficient (Wildman–Crippen LogP) is 5.94. The van der Waals surface area contributed by atoms with Crippen molar-refractivity contribution in [3.8, 4) is 0 Å². The lowest BCUT2D eigenvalue weighted by Crippen LogP contribution is -2.61. The molecule has 4 rings (SSSR count). The Bertz CT molecular complexity index is 765. The third-order valence-electron chi connectivity index (χ3n) is 9.45. The van der Waals surface area contributed by atoms with Crippen molar-refractivity contribution in [1.29, 1.82) is 0 Å². The number of hydrogen-bond acceptors (Lipinski definition) is 3. The van der Waals surface area contributed by atoms with Gasteiger partial charge in [-0.15, -0.1) is 0 Å². The molecule has 0 saturated heterocycles. The fraction of sp³-hybridized carbons (Fsp3) is 0.840. The van der Waals surface area contributed by atoms with Gasteiger partial charge in [0.1, 0.15) is 5.60 Å². The second kappa shape index (κ2) is 6.63. The van der Waals surface area contributed by atoms with Crippen LogP contribution in [0.25, 0.3) is 0 Å². The van der Waals surface area contributed by atoms with E-state index >= 15 is 0 Å². The topological polar surface area (TPSA) is 43.4 Å². The summed E-state index contributed by atoms with van der Waals surface area (Å²) in [5.41, 5.74) is 0.948. The predicted molar refractivity (Wildman–Crippen MR) is 119 cm³/mol. The van der Waals surface area contributed by atoms with E-state index in [1.54, 1.807) is 6.92 Å². The highest BCUT2D eigenvalue weighted by atomic mass is 28.4. The van der Waals surface area contributed by atoms with Gasteiger partial charge in [0, 0.05) is 11.8 Å². The maximum atomic E-state index is 13.1. The van der Waals surface area contributed by atoms with Gasteiger partial charge in [-0.3, -0.25) is 9.59 Å². The number of allylic oxidation sites excluding steroid dienone is 1. The number of carbonyl (C=O) groups is 2. The first-order chi connectivity index (χ1) is 13.3. The van der Waals surface area contributed by atoms with E-state index in [4.69, 9.17) is 4.43 Å². The normalized spacial score (nSPS) is 47.1. The Morgan fingerprint density at radius 1 is 1.10 bits per heavy atom. The summed E-state index contributed by atoms with van der Waals surface area (Å²) in [7, 11) is -1.86. The average molecular weight is 417 g/mol. The number of fused-ring (bicyclic) bond motifs is 5. The van der Waals surface area contributed by atoms with E-state index in [0.29, 0.717) is 35.9 Å². The van der Waals surface area contributed by atoms with Gasteiger partial charge in [0.05, 0.1) is 0 Å². The zero-order valence-corrected chi connectivity index (χ0v) is 20.6. The molecule has 3 saturated carbocycles. The Kier molecular flexibility index (Phi) is 4.91. The molecule has 0 unspecified atom stereocenters. The molecule has 3 nitrogen and oxygen atoms in total. The van der Waals surface area contributed by atoms with Crippen molar-refractivity contribution in [3.05, 3.63) is 11.6 Å². The third kappa shape index (κ3) is 2.99. The highest BCUT2D eigenvalue weighted by Crippen LogP contribution is 2.69. The Morgan fingerprint density at radius 3 is 2.38 bits per heavy atom. The van der Waals surface area contributed by atoms with Crippen LogP contribution in [0.1, 0.15) is 72.6 Å². The van der Waals surface area contributed by atoms with Crippen LogP contribution >= 0.6 is 0 Å². The first-order valence-corrected chi connectivity index (χ1v) is 15.2. The molecule has 0 aromatic rings. The number of Topliss-reactive ketones (excluding diaryl/α,β-unsaturated/α-hetero) is 1. The monoisotopic (exact) mass is 416 g/mol. The molecular weight excluding hydrogens is 376 g/mol. The van der Waals surface area contributed by atoms with Crippen molar-refractivity contribution < 1.29 is 14.0 Å². The van der Waals surface area contributed by atoms with E-state index in [1.807, 2.05) is 6.08 Å². The molecule has 0 N–H and O–H groups in total. The minimum atomic E-state index is -1.86. The van der Waals surface area contributed by atoms with Crippen LogP contribution in [-0.4, -0.2) is 25.5 Å². The SMILES string of the molecule is CC(=O)[C@]1(O[Si](C)(C)C)CC[C@H]2[C@@H]3C[C@H](C)C4=CC(=O)CC[C@]4(C)[C@H]3CC[C@@]21C. The van der Waals surface area contributed by atoms with Crippen molar-refractivity contribution in [1.82, 2.24) is 0 Å². The Balaban J connectivity index is 1.73. The van der Waals surface area contributed by atoms with Crippen LogP contribution in [0.3, 0.4) is 0 Å². The summed E-state index contributed by atoms with van der Waals surface area (Å²) in [6.07, 6.45) is 9.13. The molecular formula is C25H40O3Si. The van der Waals surface area contributed by atoms with Gasteiger partial charge in [0.15, 0.2) is 19.9 Å². The molecule has 4 aliphatic carbocycles. The van der Waals surface area contributed by atoms with E-state index in [1.165, 1.54) is 12.0 Å².